The SMILES string of the molecule is COc1cccc(-c2c(CCl)nnn2-c2ccc(C)cc2)c1. The molecule has 0 atom stereocenters. The number of hydrogen-bond donors (Lipinski definition) is 0. The fraction of sp³-hybridized carbons (Fsp3) is 0.176. The second-order valence-corrected chi connectivity index (χ2v) is 5.26. The van der Waals surface area contributed by atoms with Crippen molar-refractivity contribution in [3.05, 3.63) is 59.8 Å². The molecule has 0 aliphatic carbocycles. The Labute approximate surface area is 134 Å². The highest BCUT2D eigenvalue weighted by molar-refractivity contribution is 6.17. The zero-order valence-corrected chi connectivity index (χ0v) is 13.2. The molecule has 3 rings (SSSR count). The molecule has 0 spiro atoms. The van der Waals surface area contributed by atoms with Gasteiger partial charge in [0, 0.05) is 5.56 Å². The van der Waals surface area contributed by atoms with Crippen molar-refractivity contribution < 1.29 is 4.74 Å². The molecule has 0 fully saturated rings. The lowest BCUT2D eigenvalue weighted by molar-refractivity contribution is 0.415. The van der Waals surface area contributed by atoms with Crippen molar-refractivity contribution in [3.8, 4) is 22.7 Å². The first-order chi connectivity index (χ1) is 10.7. The maximum absolute atomic E-state index is 6.03. The van der Waals surface area contributed by atoms with Gasteiger partial charge < -0.3 is 4.74 Å². The fourth-order valence-electron chi connectivity index (χ4n) is 2.33. The van der Waals surface area contributed by atoms with Gasteiger partial charge in [0.25, 0.3) is 0 Å². The second kappa shape index (κ2) is 6.20. The van der Waals surface area contributed by atoms with E-state index in [1.807, 2.05) is 53.2 Å². The third-order valence-corrected chi connectivity index (χ3v) is 3.74. The van der Waals surface area contributed by atoms with E-state index in [9.17, 15) is 0 Å². The van der Waals surface area contributed by atoms with Crippen molar-refractivity contribution >= 4 is 11.6 Å². The number of halogens is 1. The molecule has 0 aliphatic rings. The van der Waals surface area contributed by atoms with E-state index in [0.717, 1.165) is 28.4 Å². The number of alkyl halides is 1. The van der Waals surface area contributed by atoms with Crippen molar-refractivity contribution in [1.29, 1.82) is 0 Å². The Balaban J connectivity index is 2.16. The quantitative estimate of drug-likeness (QED) is 0.684. The predicted octanol–water partition coefficient (Wildman–Crippen LogP) is 3.99. The Kier molecular flexibility index (Phi) is 4.11. The maximum Gasteiger partial charge on any atom is 0.119 e. The lowest BCUT2D eigenvalue weighted by atomic mass is 10.1. The zero-order chi connectivity index (χ0) is 15.5. The van der Waals surface area contributed by atoms with Gasteiger partial charge in [0.1, 0.15) is 11.4 Å². The molecule has 0 N–H and O–H groups in total. The Morgan fingerprint density at radius 2 is 1.91 bits per heavy atom. The average Bonchev–Trinajstić information content (AvgIpc) is 2.99. The van der Waals surface area contributed by atoms with Gasteiger partial charge in [0.15, 0.2) is 0 Å². The average molecular weight is 314 g/mol. The van der Waals surface area contributed by atoms with Crippen LogP contribution in [0.1, 0.15) is 11.3 Å². The lowest BCUT2D eigenvalue weighted by Gasteiger charge is -2.09. The third kappa shape index (κ3) is 2.70. The summed E-state index contributed by atoms with van der Waals surface area (Å²) in [5, 5.41) is 8.47. The van der Waals surface area contributed by atoms with E-state index in [4.69, 9.17) is 16.3 Å². The van der Waals surface area contributed by atoms with Crippen LogP contribution in [0.25, 0.3) is 16.9 Å². The fourth-order valence-corrected chi connectivity index (χ4v) is 2.51. The van der Waals surface area contributed by atoms with Crippen molar-refractivity contribution in [2.75, 3.05) is 7.11 Å². The summed E-state index contributed by atoms with van der Waals surface area (Å²) in [6.45, 7) is 2.05. The van der Waals surface area contributed by atoms with Crippen LogP contribution in [0.2, 0.25) is 0 Å². The summed E-state index contributed by atoms with van der Waals surface area (Å²) in [6, 6.07) is 15.9. The summed E-state index contributed by atoms with van der Waals surface area (Å²) < 4.78 is 7.12. The molecule has 2 aromatic carbocycles. The summed E-state index contributed by atoms with van der Waals surface area (Å²) in [5.74, 6) is 1.09. The van der Waals surface area contributed by atoms with Crippen LogP contribution in [0.4, 0.5) is 0 Å². The first kappa shape index (κ1) is 14.6. The third-order valence-electron chi connectivity index (χ3n) is 3.49. The number of aromatic nitrogens is 3. The Bertz CT molecular complexity index is 781. The Hall–Kier alpha value is -2.33. The van der Waals surface area contributed by atoms with Crippen LogP contribution < -0.4 is 4.74 Å². The number of nitrogens with zero attached hydrogens (tertiary/aromatic N) is 3. The summed E-state index contributed by atoms with van der Waals surface area (Å²) in [7, 11) is 1.65. The van der Waals surface area contributed by atoms with E-state index in [0.29, 0.717) is 5.88 Å². The van der Waals surface area contributed by atoms with Crippen LogP contribution in [0.5, 0.6) is 5.75 Å². The van der Waals surface area contributed by atoms with Gasteiger partial charge in [-0.25, -0.2) is 4.68 Å². The highest BCUT2D eigenvalue weighted by atomic mass is 35.5. The molecule has 5 heteroatoms. The summed E-state index contributed by atoms with van der Waals surface area (Å²) in [5.41, 5.74) is 4.76. The number of hydrogen-bond acceptors (Lipinski definition) is 3. The molecule has 112 valence electrons. The smallest absolute Gasteiger partial charge is 0.119 e. The normalized spacial score (nSPS) is 10.7. The standard InChI is InChI=1S/C17H16ClN3O/c1-12-6-8-14(9-7-12)21-17(16(11-18)19-20-21)13-4-3-5-15(10-13)22-2/h3-10H,11H2,1-2H3. The summed E-state index contributed by atoms with van der Waals surface area (Å²) in [4.78, 5) is 0. The maximum atomic E-state index is 6.03. The number of ether oxygens (including phenoxy) is 1. The van der Waals surface area contributed by atoms with Gasteiger partial charge in [0.2, 0.25) is 0 Å². The molecule has 0 bridgehead atoms. The molecule has 1 aromatic heterocycles. The van der Waals surface area contributed by atoms with Gasteiger partial charge in [-0.1, -0.05) is 35.0 Å². The summed E-state index contributed by atoms with van der Waals surface area (Å²) >= 11 is 6.03. The van der Waals surface area contributed by atoms with Gasteiger partial charge in [-0.3, -0.25) is 0 Å². The Morgan fingerprint density at radius 3 is 2.59 bits per heavy atom. The topological polar surface area (TPSA) is 39.9 Å². The minimum atomic E-state index is 0.304. The number of benzene rings is 2. The van der Waals surface area contributed by atoms with Gasteiger partial charge in [-0.15, -0.1) is 16.7 Å². The molecule has 3 aromatic rings. The first-order valence-corrected chi connectivity index (χ1v) is 7.48. The van der Waals surface area contributed by atoms with Gasteiger partial charge >= 0.3 is 0 Å². The largest absolute Gasteiger partial charge is 0.497 e. The zero-order valence-electron chi connectivity index (χ0n) is 12.5. The number of rotatable bonds is 4. The molecule has 4 nitrogen and oxygen atoms in total. The molecule has 0 aliphatic heterocycles. The van der Waals surface area contributed by atoms with Gasteiger partial charge in [-0.2, -0.15) is 0 Å². The van der Waals surface area contributed by atoms with E-state index < -0.39 is 0 Å². The van der Waals surface area contributed by atoms with E-state index in [-0.39, 0.29) is 0 Å². The second-order valence-electron chi connectivity index (χ2n) is 5.00. The highest BCUT2D eigenvalue weighted by Crippen LogP contribution is 2.29. The van der Waals surface area contributed by atoms with Crippen molar-refractivity contribution in [1.82, 2.24) is 15.0 Å². The van der Waals surface area contributed by atoms with Crippen LogP contribution in [-0.4, -0.2) is 22.1 Å². The molecule has 0 amide bonds. The van der Waals surface area contributed by atoms with E-state index in [2.05, 4.69) is 17.2 Å². The number of aryl methyl sites for hydroxylation is 1. The van der Waals surface area contributed by atoms with E-state index in [1.54, 1.807) is 7.11 Å². The molecule has 0 radical (unpaired) electrons. The monoisotopic (exact) mass is 313 g/mol. The van der Waals surface area contributed by atoms with Crippen LogP contribution in [0.15, 0.2) is 48.5 Å². The van der Waals surface area contributed by atoms with Crippen LogP contribution in [0.3, 0.4) is 0 Å². The molecule has 0 saturated heterocycles. The van der Waals surface area contributed by atoms with Crippen LogP contribution >= 0.6 is 11.6 Å². The van der Waals surface area contributed by atoms with Gasteiger partial charge in [0.05, 0.1) is 24.4 Å². The van der Waals surface area contributed by atoms with Crippen molar-refractivity contribution in [3.63, 3.8) is 0 Å². The minimum absolute atomic E-state index is 0.304. The van der Waals surface area contributed by atoms with Crippen molar-refractivity contribution in [2.24, 2.45) is 0 Å². The van der Waals surface area contributed by atoms with Gasteiger partial charge in [-0.05, 0) is 31.2 Å². The van der Waals surface area contributed by atoms with E-state index in [1.165, 1.54) is 5.56 Å². The van der Waals surface area contributed by atoms with Crippen molar-refractivity contribution in [2.45, 2.75) is 12.8 Å². The first-order valence-electron chi connectivity index (χ1n) is 6.95. The van der Waals surface area contributed by atoms with Crippen LogP contribution in [0, 0.1) is 6.92 Å². The number of methoxy groups -OCH3 is 1. The minimum Gasteiger partial charge on any atom is -0.497 e. The molecule has 0 unspecified atom stereocenters. The lowest BCUT2D eigenvalue weighted by Crippen LogP contribution is -2.00. The molecule has 0 saturated carbocycles. The highest BCUT2D eigenvalue weighted by Gasteiger charge is 2.16. The molecule has 22 heavy (non-hydrogen) atoms. The van der Waals surface area contributed by atoms with Crippen LogP contribution in [-0.2, 0) is 5.88 Å². The Morgan fingerprint density at radius 1 is 1.14 bits per heavy atom. The molecular weight excluding hydrogens is 298 g/mol. The summed E-state index contributed by atoms with van der Waals surface area (Å²) in [6.07, 6.45) is 0. The van der Waals surface area contributed by atoms with E-state index >= 15 is 0 Å². The molecule has 1 heterocycles. The predicted molar refractivity (Wildman–Crippen MR) is 87.6 cm³/mol. The molecular formula is C17H16ClN3O.